The number of ketones is 1. The highest BCUT2D eigenvalue weighted by Crippen LogP contribution is 2.35. The highest BCUT2D eigenvalue weighted by atomic mass is 32.1. The topological polar surface area (TPSA) is 114 Å². The van der Waals surface area contributed by atoms with Crippen molar-refractivity contribution in [1.82, 2.24) is 24.7 Å². The van der Waals surface area contributed by atoms with E-state index in [0.29, 0.717) is 17.2 Å². The smallest absolute Gasteiger partial charge is 0.317 e. The zero-order valence-corrected chi connectivity index (χ0v) is 24.1. The molecule has 2 amide bonds. The van der Waals surface area contributed by atoms with Gasteiger partial charge in [-0.3, -0.25) is 10.1 Å². The molecule has 0 spiro atoms. The maximum absolute atomic E-state index is 13.5. The highest BCUT2D eigenvalue weighted by Gasteiger charge is 2.33. The predicted molar refractivity (Wildman–Crippen MR) is 159 cm³/mol. The summed E-state index contributed by atoms with van der Waals surface area (Å²) in [5.74, 6) is 0.368. The molecule has 9 nitrogen and oxygen atoms in total. The number of anilines is 2. The number of nitrogens with zero attached hydrogens (tertiary/aromatic N) is 4. The van der Waals surface area contributed by atoms with Crippen LogP contribution in [0.4, 0.5) is 16.3 Å². The molecule has 40 heavy (non-hydrogen) atoms. The van der Waals surface area contributed by atoms with Crippen molar-refractivity contribution in [3.8, 4) is 5.69 Å². The molecule has 208 valence electrons. The fourth-order valence-corrected chi connectivity index (χ4v) is 5.50. The Kier molecular flexibility index (Phi) is 8.09. The average molecular weight is 558 g/mol. The van der Waals surface area contributed by atoms with Gasteiger partial charge in [0.05, 0.1) is 17.3 Å². The van der Waals surface area contributed by atoms with Crippen LogP contribution >= 0.6 is 11.5 Å². The summed E-state index contributed by atoms with van der Waals surface area (Å²) in [6.45, 7) is 10.0. The van der Waals surface area contributed by atoms with Crippen molar-refractivity contribution in [2.75, 3.05) is 23.7 Å². The molecule has 2 aromatic heterocycles. The van der Waals surface area contributed by atoms with Crippen LogP contribution in [-0.2, 0) is 5.41 Å². The number of hydrogen-bond donors (Lipinski definition) is 3. The maximum Gasteiger partial charge on any atom is 0.324 e. The number of amides is 2. The van der Waals surface area contributed by atoms with Crippen LogP contribution in [0.3, 0.4) is 0 Å². The summed E-state index contributed by atoms with van der Waals surface area (Å²) >= 11 is 1.18. The van der Waals surface area contributed by atoms with Crippen LogP contribution in [0.5, 0.6) is 0 Å². The lowest BCUT2D eigenvalue weighted by Gasteiger charge is -2.30. The molecule has 0 saturated carbocycles. The number of aryl methyl sites for hydroxylation is 1. The van der Waals surface area contributed by atoms with E-state index in [0.717, 1.165) is 48.4 Å². The van der Waals surface area contributed by atoms with Crippen LogP contribution in [0.2, 0.25) is 0 Å². The van der Waals surface area contributed by atoms with Gasteiger partial charge < -0.3 is 10.6 Å². The fourth-order valence-electron chi connectivity index (χ4n) is 5.05. The lowest BCUT2D eigenvalue weighted by Crippen LogP contribution is -2.33. The molecule has 1 aliphatic rings. The quantitative estimate of drug-likeness (QED) is 0.242. The Balaban J connectivity index is 1.39. The zero-order chi connectivity index (χ0) is 28.3. The molecule has 10 heteroatoms. The fraction of sp³-hybridized carbons (Fsp3) is 0.367. The Morgan fingerprint density at radius 1 is 1.05 bits per heavy atom. The van der Waals surface area contributed by atoms with Gasteiger partial charge in [0.1, 0.15) is 11.5 Å². The highest BCUT2D eigenvalue weighted by molar-refractivity contribution is 7.03. The first-order valence-corrected chi connectivity index (χ1v) is 14.4. The largest absolute Gasteiger partial charge is 0.324 e. The van der Waals surface area contributed by atoms with Crippen LogP contribution in [0.25, 0.3) is 5.69 Å². The van der Waals surface area contributed by atoms with E-state index >= 15 is 0 Å². The van der Waals surface area contributed by atoms with E-state index in [1.807, 2.05) is 61.5 Å². The normalized spacial score (nSPS) is 15.0. The molecule has 2 aromatic carbocycles. The second-order valence-corrected chi connectivity index (χ2v) is 11.9. The molecule has 1 fully saturated rings. The Labute approximate surface area is 238 Å². The van der Waals surface area contributed by atoms with E-state index in [1.54, 1.807) is 10.1 Å². The number of nitrogens with one attached hydrogen (secondary N) is 3. The third-order valence-corrected chi connectivity index (χ3v) is 7.76. The number of carbonyl (C=O) groups is 2. The number of Topliss-reactive ketones (excluding diaryl/α,β-unsaturated/α-hetero) is 1. The summed E-state index contributed by atoms with van der Waals surface area (Å²) in [5.41, 5.74) is 4.54. The molecule has 3 heterocycles. The van der Waals surface area contributed by atoms with Crippen LogP contribution in [-0.4, -0.2) is 44.3 Å². The van der Waals surface area contributed by atoms with Crippen molar-refractivity contribution in [1.29, 1.82) is 0 Å². The van der Waals surface area contributed by atoms with Crippen molar-refractivity contribution in [3.63, 3.8) is 0 Å². The molecule has 0 aliphatic carbocycles. The first-order chi connectivity index (χ1) is 19.2. The lowest BCUT2D eigenvalue weighted by molar-refractivity contribution is 0.0911. The molecule has 0 radical (unpaired) electrons. The van der Waals surface area contributed by atoms with Gasteiger partial charge in [0.15, 0.2) is 5.78 Å². The predicted octanol–water partition coefficient (Wildman–Crippen LogP) is 5.94. The zero-order valence-electron chi connectivity index (χ0n) is 23.3. The monoisotopic (exact) mass is 557 g/mol. The van der Waals surface area contributed by atoms with E-state index in [9.17, 15) is 9.59 Å². The number of hydrogen-bond acceptors (Lipinski definition) is 7. The Hall–Kier alpha value is -3.89. The molecule has 1 atom stereocenters. The summed E-state index contributed by atoms with van der Waals surface area (Å²) in [5, 5.41) is 19.9. The Morgan fingerprint density at radius 3 is 2.48 bits per heavy atom. The van der Waals surface area contributed by atoms with E-state index in [1.165, 1.54) is 11.5 Å². The third-order valence-electron chi connectivity index (χ3n) is 7.25. The molecule has 1 aliphatic heterocycles. The van der Waals surface area contributed by atoms with Gasteiger partial charge in [-0.1, -0.05) is 55.1 Å². The van der Waals surface area contributed by atoms with Gasteiger partial charge in [-0.2, -0.15) is 5.10 Å². The van der Waals surface area contributed by atoms with Gasteiger partial charge in [-0.05, 0) is 80.1 Å². The van der Waals surface area contributed by atoms with Crippen LogP contribution in [0.15, 0.2) is 60.0 Å². The molecular formula is C30H35N7O2S. The van der Waals surface area contributed by atoms with Gasteiger partial charge in [-0.15, -0.1) is 5.10 Å². The van der Waals surface area contributed by atoms with Crippen LogP contribution in [0.1, 0.15) is 66.8 Å². The van der Waals surface area contributed by atoms with E-state index in [-0.39, 0.29) is 29.1 Å². The first kappa shape index (κ1) is 27.7. The van der Waals surface area contributed by atoms with Gasteiger partial charge in [0.25, 0.3) is 0 Å². The van der Waals surface area contributed by atoms with Gasteiger partial charge in [0.2, 0.25) is 0 Å². The standard InChI is InChI=1S/C30H35N7O2S/c1-19-8-10-23(11-9-19)37-26(17-25(35-37)30(2,3)4)33-29(39)32-22-7-5-6-21(16-22)27(20-12-14-31-15-13-20)28(38)24-18-40-36-34-24/h5-11,16-18,20,27,31H,12-15H2,1-4H3,(H2,32,33,39). The second-order valence-electron chi connectivity index (χ2n) is 11.3. The number of urea groups is 1. The maximum atomic E-state index is 13.5. The molecule has 1 unspecified atom stereocenters. The van der Waals surface area contributed by atoms with Gasteiger partial charge in [-0.25, -0.2) is 9.48 Å². The second kappa shape index (κ2) is 11.7. The first-order valence-electron chi connectivity index (χ1n) is 13.6. The number of carbonyl (C=O) groups excluding carboxylic acids is 2. The summed E-state index contributed by atoms with van der Waals surface area (Å²) in [6.07, 6.45) is 1.79. The van der Waals surface area contributed by atoms with E-state index in [2.05, 4.69) is 46.3 Å². The molecule has 3 N–H and O–H groups in total. The van der Waals surface area contributed by atoms with Crippen molar-refractivity contribution in [2.45, 2.75) is 51.9 Å². The molecule has 4 aromatic rings. The van der Waals surface area contributed by atoms with E-state index in [4.69, 9.17) is 5.10 Å². The Bertz CT molecular complexity index is 1470. The molecular weight excluding hydrogens is 522 g/mol. The Morgan fingerprint density at radius 2 is 1.80 bits per heavy atom. The molecule has 0 bridgehead atoms. The SMILES string of the molecule is Cc1ccc(-n2nc(C(C)(C)C)cc2NC(=O)Nc2cccc(C(C(=O)c3csnn3)C3CCNCC3)c2)cc1. The average Bonchev–Trinajstić information content (AvgIpc) is 3.61. The van der Waals surface area contributed by atoms with Gasteiger partial charge >= 0.3 is 6.03 Å². The summed E-state index contributed by atoms with van der Waals surface area (Å²) in [7, 11) is 0. The minimum atomic E-state index is -0.390. The van der Waals surface area contributed by atoms with Crippen LogP contribution in [0, 0.1) is 12.8 Å². The number of piperidine rings is 1. The van der Waals surface area contributed by atoms with Crippen molar-refractivity contribution in [3.05, 3.63) is 82.5 Å². The number of benzene rings is 2. The number of aromatic nitrogens is 4. The summed E-state index contributed by atoms with van der Waals surface area (Å²) < 4.78 is 5.65. The molecule has 5 rings (SSSR count). The summed E-state index contributed by atoms with van der Waals surface area (Å²) in [4.78, 5) is 26.8. The minimum Gasteiger partial charge on any atom is -0.317 e. The minimum absolute atomic E-state index is 0.0287. The van der Waals surface area contributed by atoms with Crippen LogP contribution < -0.4 is 16.0 Å². The van der Waals surface area contributed by atoms with E-state index < -0.39 is 0 Å². The number of rotatable bonds is 7. The third kappa shape index (κ3) is 6.29. The van der Waals surface area contributed by atoms with Gasteiger partial charge in [0, 0.05) is 22.5 Å². The molecule has 1 saturated heterocycles. The van der Waals surface area contributed by atoms with Crippen molar-refractivity contribution >= 4 is 34.9 Å². The summed E-state index contributed by atoms with van der Waals surface area (Å²) in [6, 6.07) is 17.1. The lowest BCUT2D eigenvalue weighted by atomic mass is 9.77. The van der Waals surface area contributed by atoms with Crippen molar-refractivity contribution < 1.29 is 9.59 Å². The van der Waals surface area contributed by atoms with Crippen molar-refractivity contribution in [2.24, 2.45) is 5.92 Å².